The zero-order chi connectivity index (χ0) is 17.1. The Kier molecular flexibility index (Phi) is 3.94. The summed E-state index contributed by atoms with van der Waals surface area (Å²) in [5, 5.41) is 5.51. The van der Waals surface area contributed by atoms with Crippen LogP contribution in [0.15, 0.2) is 48.7 Å². The predicted molar refractivity (Wildman–Crippen MR) is 87.5 cm³/mol. The maximum Gasteiger partial charge on any atom is 0.319 e. The molecule has 3 rings (SSSR count). The average Bonchev–Trinajstić information content (AvgIpc) is 3.02. The molecule has 0 spiro atoms. The zero-order valence-corrected chi connectivity index (χ0v) is 12.4. The van der Waals surface area contributed by atoms with Crippen LogP contribution < -0.4 is 16.4 Å². The van der Waals surface area contributed by atoms with Gasteiger partial charge in [-0.05, 0) is 36.4 Å². The highest BCUT2D eigenvalue weighted by Gasteiger charge is 2.12. The molecule has 0 aliphatic rings. The number of fused-ring (bicyclic) bond motifs is 1. The van der Waals surface area contributed by atoms with E-state index in [9.17, 15) is 14.4 Å². The highest BCUT2D eigenvalue weighted by atomic mass is 16.2. The second kappa shape index (κ2) is 6.21. The zero-order valence-electron chi connectivity index (χ0n) is 12.4. The van der Waals surface area contributed by atoms with Crippen LogP contribution in [0.5, 0.6) is 0 Å². The van der Waals surface area contributed by atoms with E-state index in [2.05, 4.69) is 15.3 Å². The number of anilines is 1. The number of imide groups is 1. The summed E-state index contributed by atoms with van der Waals surface area (Å²) in [6, 6.07) is 10.4. The van der Waals surface area contributed by atoms with Crippen molar-refractivity contribution in [2.24, 2.45) is 5.73 Å². The number of nitrogens with two attached hydrogens (primary N) is 1. The Labute approximate surface area is 136 Å². The van der Waals surface area contributed by atoms with Crippen molar-refractivity contribution in [2.75, 3.05) is 5.32 Å². The van der Waals surface area contributed by atoms with E-state index in [0.29, 0.717) is 11.3 Å². The molecule has 0 fully saturated rings. The second-order valence-corrected chi connectivity index (χ2v) is 4.97. The molecular formula is C16H13N5O3. The number of carbonyl (C=O) groups is 3. The van der Waals surface area contributed by atoms with Gasteiger partial charge >= 0.3 is 6.03 Å². The second-order valence-electron chi connectivity index (χ2n) is 4.97. The van der Waals surface area contributed by atoms with E-state index in [1.807, 2.05) is 11.4 Å². The van der Waals surface area contributed by atoms with Crippen LogP contribution in [0.4, 0.5) is 10.5 Å². The lowest BCUT2D eigenvalue weighted by Crippen LogP contribution is -2.34. The fourth-order valence-electron chi connectivity index (χ4n) is 2.17. The fourth-order valence-corrected chi connectivity index (χ4v) is 2.17. The smallest absolute Gasteiger partial charge is 0.319 e. The minimum absolute atomic E-state index is 0.194. The number of primary amides is 1. The first-order valence-corrected chi connectivity index (χ1v) is 6.99. The molecule has 120 valence electrons. The number of nitrogens with one attached hydrogen (secondary N) is 3. The van der Waals surface area contributed by atoms with Gasteiger partial charge in [-0.3, -0.25) is 14.9 Å². The summed E-state index contributed by atoms with van der Waals surface area (Å²) in [6.45, 7) is 0. The number of nitrogens with zero attached hydrogens (tertiary/aromatic N) is 1. The van der Waals surface area contributed by atoms with Crippen molar-refractivity contribution in [3.63, 3.8) is 0 Å². The van der Waals surface area contributed by atoms with Crippen LogP contribution in [0.25, 0.3) is 11.0 Å². The molecule has 8 heteroatoms. The summed E-state index contributed by atoms with van der Waals surface area (Å²) in [7, 11) is 0. The van der Waals surface area contributed by atoms with E-state index in [4.69, 9.17) is 5.73 Å². The van der Waals surface area contributed by atoms with Gasteiger partial charge in [0.1, 0.15) is 11.3 Å². The number of urea groups is 1. The van der Waals surface area contributed by atoms with Crippen LogP contribution >= 0.6 is 0 Å². The molecule has 5 N–H and O–H groups in total. The highest BCUT2D eigenvalue weighted by Crippen LogP contribution is 2.14. The summed E-state index contributed by atoms with van der Waals surface area (Å²) in [5.41, 5.74) is 6.34. The van der Waals surface area contributed by atoms with Crippen LogP contribution in [0.2, 0.25) is 0 Å². The number of benzene rings is 1. The third-order valence-corrected chi connectivity index (χ3v) is 3.26. The van der Waals surface area contributed by atoms with E-state index in [0.717, 1.165) is 5.39 Å². The van der Waals surface area contributed by atoms with Gasteiger partial charge in [-0.25, -0.2) is 9.78 Å². The van der Waals surface area contributed by atoms with E-state index < -0.39 is 17.8 Å². The van der Waals surface area contributed by atoms with Crippen LogP contribution in [0.3, 0.4) is 0 Å². The quantitative estimate of drug-likeness (QED) is 0.583. The van der Waals surface area contributed by atoms with Gasteiger partial charge in [-0.15, -0.1) is 0 Å². The van der Waals surface area contributed by atoms with Gasteiger partial charge in [0.15, 0.2) is 0 Å². The first kappa shape index (κ1) is 15.2. The van der Waals surface area contributed by atoms with Gasteiger partial charge < -0.3 is 16.0 Å². The SMILES string of the molecule is NC(=O)NC(=O)c1cccc(NC(=O)c2ccc3cc[nH]c3n2)c1. The van der Waals surface area contributed by atoms with Crippen molar-refractivity contribution in [3.05, 3.63) is 59.9 Å². The number of amides is 4. The maximum atomic E-state index is 12.3. The van der Waals surface area contributed by atoms with Gasteiger partial charge in [0.05, 0.1) is 0 Å². The summed E-state index contributed by atoms with van der Waals surface area (Å²) >= 11 is 0. The van der Waals surface area contributed by atoms with E-state index in [1.54, 1.807) is 30.5 Å². The van der Waals surface area contributed by atoms with Gasteiger partial charge in [0.25, 0.3) is 11.8 Å². The molecule has 24 heavy (non-hydrogen) atoms. The molecule has 0 saturated carbocycles. The molecule has 0 saturated heterocycles. The lowest BCUT2D eigenvalue weighted by atomic mass is 10.2. The molecule has 0 bridgehead atoms. The number of carbonyl (C=O) groups excluding carboxylic acids is 3. The lowest BCUT2D eigenvalue weighted by Gasteiger charge is -2.07. The minimum Gasteiger partial charge on any atom is -0.351 e. The molecule has 4 amide bonds. The number of aromatic nitrogens is 2. The summed E-state index contributed by atoms with van der Waals surface area (Å²) in [6.07, 6.45) is 1.74. The van der Waals surface area contributed by atoms with E-state index >= 15 is 0 Å². The van der Waals surface area contributed by atoms with Crippen molar-refractivity contribution in [1.29, 1.82) is 0 Å². The Bertz CT molecular complexity index is 948. The van der Waals surface area contributed by atoms with Crippen molar-refractivity contribution >= 4 is 34.6 Å². The molecule has 2 aromatic heterocycles. The Balaban J connectivity index is 1.78. The number of hydrogen-bond donors (Lipinski definition) is 4. The number of hydrogen-bond acceptors (Lipinski definition) is 4. The minimum atomic E-state index is -0.946. The maximum absolute atomic E-state index is 12.3. The summed E-state index contributed by atoms with van der Waals surface area (Å²) in [5.74, 6) is -1.07. The Hall–Kier alpha value is -3.68. The van der Waals surface area contributed by atoms with Crippen LogP contribution in [0.1, 0.15) is 20.8 Å². The van der Waals surface area contributed by atoms with Crippen LogP contribution in [-0.2, 0) is 0 Å². The first-order chi connectivity index (χ1) is 11.5. The molecule has 0 atom stereocenters. The van der Waals surface area contributed by atoms with Crippen LogP contribution in [-0.4, -0.2) is 27.8 Å². The van der Waals surface area contributed by atoms with Crippen molar-refractivity contribution in [3.8, 4) is 0 Å². The highest BCUT2D eigenvalue weighted by molar-refractivity contribution is 6.06. The number of rotatable bonds is 3. The standard InChI is InChI=1S/C16H13N5O3/c17-16(24)21-14(22)10-2-1-3-11(8-10)19-15(23)12-5-4-9-6-7-18-13(9)20-12/h1-8H,(H,18,20)(H,19,23)(H3,17,21,22,24). The fraction of sp³-hybridized carbons (Fsp3) is 0. The number of H-pyrrole nitrogens is 1. The molecule has 0 unspecified atom stereocenters. The van der Waals surface area contributed by atoms with E-state index in [1.165, 1.54) is 12.1 Å². The van der Waals surface area contributed by atoms with Crippen molar-refractivity contribution in [2.45, 2.75) is 0 Å². The predicted octanol–water partition coefficient (Wildman–Crippen LogP) is 1.62. The largest absolute Gasteiger partial charge is 0.351 e. The van der Waals surface area contributed by atoms with E-state index in [-0.39, 0.29) is 11.3 Å². The third kappa shape index (κ3) is 3.22. The topological polar surface area (TPSA) is 130 Å². The van der Waals surface area contributed by atoms with Gasteiger partial charge in [0.2, 0.25) is 0 Å². The average molecular weight is 323 g/mol. The molecule has 0 aliphatic carbocycles. The third-order valence-electron chi connectivity index (χ3n) is 3.26. The summed E-state index contributed by atoms with van der Waals surface area (Å²) < 4.78 is 0. The molecule has 8 nitrogen and oxygen atoms in total. The number of aromatic amines is 1. The lowest BCUT2D eigenvalue weighted by molar-refractivity contribution is 0.0964. The molecule has 1 aromatic carbocycles. The molecule has 3 aromatic rings. The Morgan fingerprint density at radius 2 is 1.88 bits per heavy atom. The molecule has 0 radical (unpaired) electrons. The van der Waals surface area contributed by atoms with Gasteiger partial charge in [-0.1, -0.05) is 6.07 Å². The normalized spacial score (nSPS) is 10.3. The Morgan fingerprint density at radius 1 is 1.04 bits per heavy atom. The molecule has 2 heterocycles. The first-order valence-electron chi connectivity index (χ1n) is 6.99. The van der Waals surface area contributed by atoms with Crippen LogP contribution in [0, 0.1) is 0 Å². The Morgan fingerprint density at radius 3 is 2.67 bits per heavy atom. The molecule has 0 aliphatic heterocycles. The van der Waals surface area contributed by atoms with Gasteiger partial charge in [-0.2, -0.15) is 0 Å². The van der Waals surface area contributed by atoms with Crippen molar-refractivity contribution < 1.29 is 14.4 Å². The number of pyridine rings is 1. The van der Waals surface area contributed by atoms with Gasteiger partial charge in [0, 0.05) is 22.8 Å². The monoisotopic (exact) mass is 323 g/mol. The molecular weight excluding hydrogens is 310 g/mol. The van der Waals surface area contributed by atoms with Crippen molar-refractivity contribution in [1.82, 2.24) is 15.3 Å². The summed E-state index contributed by atoms with van der Waals surface area (Å²) in [4.78, 5) is 41.9.